The number of hydrogen-bond donors (Lipinski definition) is 3. The van der Waals surface area contributed by atoms with E-state index in [1.54, 1.807) is 20.8 Å². The van der Waals surface area contributed by atoms with E-state index in [2.05, 4.69) is 10.1 Å². The zero-order valence-corrected chi connectivity index (χ0v) is 21.2. The molecule has 0 spiro atoms. The number of benzene rings is 2. The molecule has 0 heterocycles. The van der Waals surface area contributed by atoms with E-state index in [1.165, 1.54) is 7.11 Å². The van der Waals surface area contributed by atoms with Crippen LogP contribution in [0.4, 0.5) is 4.79 Å². The van der Waals surface area contributed by atoms with Crippen LogP contribution in [0.2, 0.25) is 0 Å². The summed E-state index contributed by atoms with van der Waals surface area (Å²) in [5, 5.41) is 12.3. The highest BCUT2D eigenvalue weighted by Crippen LogP contribution is 2.26. The average molecular weight is 501 g/mol. The van der Waals surface area contributed by atoms with E-state index in [-0.39, 0.29) is 12.3 Å². The molecule has 0 fully saturated rings. The van der Waals surface area contributed by atoms with Crippen LogP contribution < -0.4 is 11.1 Å². The summed E-state index contributed by atoms with van der Waals surface area (Å²) in [5.41, 5.74) is 8.24. The Labute approximate surface area is 211 Å². The van der Waals surface area contributed by atoms with E-state index in [9.17, 15) is 19.5 Å². The lowest BCUT2D eigenvalue weighted by Gasteiger charge is -2.28. The van der Waals surface area contributed by atoms with Gasteiger partial charge in [-0.1, -0.05) is 68.4 Å². The third-order valence-corrected chi connectivity index (χ3v) is 5.88. The Kier molecular flexibility index (Phi) is 10.9. The van der Waals surface area contributed by atoms with Gasteiger partial charge in [0.15, 0.2) is 0 Å². The van der Waals surface area contributed by atoms with Crippen molar-refractivity contribution >= 4 is 18.0 Å². The number of ether oxygens (including phenoxy) is 3. The van der Waals surface area contributed by atoms with Crippen molar-refractivity contribution in [2.45, 2.75) is 45.7 Å². The van der Waals surface area contributed by atoms with E-state index in [1.807, 2.05) is 54.6 Å². The minimum Gasteiger partial charge on any atom is -0.453 e. The smallest absolute Gasteiger partial charge is 0.407 e. The van der Waals surface area contributed by atoms with Crippen LogP contribution in [0.5, 0.6) is 0 Å². The third kappa shape index (κ3) is 8.35. The summed E-state index contributed by atoms with van der Waals surface area (Å²) in [6.07, 6.45) is -0.114. The fraction of sp³-hybridized carbons (Fsp3) is 0.444. The van der Waals surface area contributed by atoms with Crippen molar-refractivity contribution in [3.05, 3.63) is 60.2 Å². The normalized spacial score (nSPS) is 14.3. The first-order chi connectivity index (χ1) is 17.1. The number of amides is 1. The molecule has 0 aliphatic heterocycles. The van der Waals surface area contributed by atoms with E-state index < -0.39 is 48.9 Å². The lowest BCUT2D eigenvalue weighted by molar-refractivity contribution is -0.178. The molecule has 9 nitrogen and oxygen atoms in total. The van der Waals surface area contributed by atoms with Gasteiger partial charge >= 0.3 is 18.0 Å². The van der Waals surface area contributed by atoms with E-state index in [0.717, 1.165) is 16.7 Å². The molecule has 0 saturated heterocycles. The number of methoxy groups -OCH3 is 1. The Morgan fingerprint density at radius 2 is 1.61 bits per heavy atom. The highest BCUT2D eigenvalue weighted by atomic mass is 16.7. The van der Waals surface area contributed by atoms with Crippen LogP contribution in [0.25, 0.3) is 11.1 Å². The second-order valence-electron chi connectivity index (χ2n) is 9.32. The van der Waals surface area contributed by atoms with Gasteiger partial charge in [-0.05, 0) is 42.4 Å². The Morgan fingerprint density at radius 3 is 2.17 bits per heavy atom. The monoisotopic (exact) mass is 500 g/mol. The van der Waals surface area contributed by atoms with Gasteiger partial charge in [0.1, 0.15) is 6.04 Å². The van der Waals surface area contributed by atoms with Crippen LogP contribution in [0.3, 0.4) is 0 Å². The zero-order valence-electron chi connectivity index (χ0n) is 21.2. The van der Waals surface area contributed by atoms with E-state index in [0.29, 0.717) is 6.42 Å². The number of carbonyl (C=O) groups excluding carboxylic acids is 3. The molecule has 2 aromatic carbocycles. The minimum atomic E-state index is -1.28. The summed E-state index contributed by atoms with van der Waals surface area (Å²) >= 11 is 0. The van der Waals surface area contributed by atoms with Crippen molar-refractivity contribution in [1.82, 2.24) is 5.32 Å². The van der Waals surface area contributed by atoms with Gasteiger partial charge in [0.05, 0.1) is 19.1 Å². The summed E-state index contributed by atoms with van der Waals surface area (Å²) in [4.78, 5) is 36.4. The lowest BCUT2D eigenvalue weighted by Crippen LogP contribution is -2.46. The average Bonchev–Trinajstić information content (AvgIpc) is 2.87. The number of nitrogens with two attached hydrogens (primary N) is 1. The van der Waals surface area contributed by atoms with Crippen LogP contribution in [-0.2, 0) is 30.2 Å². The van der Waals surface area contributed by atoms with Crippen LogP contribution in [-0.4, -0.2) is 55.7 Å². The number of aliphatic hydroxyl groups is 1. The topological polar surface area (TPSA) is 137 Å². The number of aliphatic hydroxyl groups excluding tert-OH is 1. The summed E-state index contributed by atoms with van der Waals surface area (Å²) in [7, 11) is 1.18. The number of hydrogen-bond acceptors (Lipinski definition) is 8. The van der Waals surface area contributed by atoms with Gasteiger partial charge in [-0.15, -0.1) is 0 Å². The first kappa shape index (κ1) is 28.8. The summed E-state index contributed by atoms with van der Waals surface area (Å²) in [6, 6.07) is 16.6. The maximum absolute atomic E-state index is 12.7. The van der Waals surface area contributed by atoms with E-state index in [4.69, 9.17) is 15.2 Å². The third-order valence-electron chi connectivity index (χ3n) is 5.88. The molecular formula is C27H36N2O7. The van der Waals surface area contributed by atoms with Gasteiger partial charge in [0.2, 0.25) is 6.79 Å². The molecule has 1 amide bonds. The molecule has 2 aromatic rings. The summed E-state index contributed by atoms with van der Waals surface area (Å²) in [6.45, 7) is 3.83. The largest absolute Gasteiger partial charge is 0.453 e. The fourth-order valence-electron chi connectivity index (χ4n) is 3.72. The maximum Gasteiger partial charge on any atom is 0.407 e. The first-order valence-electron chi connectivity index (χ1n) is 11.8. The quantitative estimate of drug-likeness (QED) is 0.299. The van der Waals surface area contributed by atoms with Crippen LogP contribution in [0.15, 0.2) is 54.6 Å². The summed E-state index contributed by atoms with van der Waals surface area (Å²) < 4.78 is 14.6. The van der Waals surface area contributed by atoms with Crippen molar-refractivity contribution in [2.75, 3.05) is 20.5 Å². The van der Waals surface area contributed by atoms with Crippen LogP contribution in [0, 0.1) is 11.3 Å². The number of nitrogens with one attached hydrogen (secondary N) is 1. The highest BCUT2D eigenvalue weighted by molar-refractivity contribution is 5.81. The number of rotatable bonds is 12. The Hall–Kier alpha value is -3.43. The Balaban J connectivity index is 1.89. The number of carbonyl (C=O) groups is 3. The van der Waals surface area contributed by atoms with Crippen molar-refractivity contribution in [3.63, 3.8) is 0 Å². The highest BCUT2D eigenvalue weighted by Gasteiger charge is 2.36. The second-order valence-corrected chi connectivity index (χ2v) is 9.32. The van der Waals surface area contributed by atoms with Crippen LogP contribution in [0.1, 0.15) is 32.8 Å². The van der Waals surface area contributed by atoms with Crippen molar-refractivity contribution in [2.24, 2.45) is 17.1 Å². The number of alkyl carbamates (subject to hydrolysis) is 1. The van der Waals surface area contributed by atoms with Gasteiger partial charge in [0.25, 0.3) is 0 Å². The molecule has 196 valence electrons. The molecule has 0 aliphatic rings. The molecule has 0 saturated carbocycles. The molecule has 0 aromatic heterocycles. The summed E-state index contributed by atoms with van der Waals surface area (Å²) in [5.74, 6) is -1.80. The van der Waals surface area contributed by atoms with E-state index >= 15 is 0 Å². The predicted molar refractivity (Wildman–Crippen MR) is 135 cm³/mol. The van der Waals surface area contributed by atoms with Gasteiger partial charge in [-0.25, -0.2) is 9.59 Å². The molecule has 0 aliphatic carbocycles. The lowest BCUT2D eigenvalue weighted by atomic mass is 9.83. The zero-order chi connectivity index (χ0) is 26.7. The van der Waals surface area contributed by atoms with Crippen molar-refractivity contribution in [3.8, 4) is 11.1 Å². The van der Waals surface area contributed by atoms with Gasteiger partial charge in [0, 0.05) is 6.04 Å². The van der Waals surface area contributed by atoms with Crippen molar-refractivity contribution in [1.29, 1.82) is 0 Å². The Bertz CT molecular complexity index is 995. The number of esters is 2. The Morgan fingerprint density at radius 1 is 1.00 bits per heavy atom. The van der Waals surface area contributed by atoms with Gasteiger partial charge < -0.3 is 30.4 Å². The molecule has 36 heavy (non-hydrogen) atoms. The molecule has 0 radical (unpaired) electrons. The van der Waals surface area contributed by atoms with Crippen LogP contribution >= 0.6 is 0 Å². The maximum atomic E-state index is 12.7. The SMILES string of the molecule is COC(=O)N[C@H](C(=O)OCOC(=O)[C@](C)(CO)C[C@H](N)Cc1ccc(-c2ccccc2)cc1)C(C)C. The molecule has 0 bridgehead atoms. The molecule has 3 atom stereocenters. The predicted octanol–water partition coefficient (Wildman–Crippen LogP) is 3.04. The molecule has 0 unspecified atom stereocenters. The van der Waals surface area contributed by atoms with Gasteiger partial charge in [-0.2, -0.15) is 0 Å². The molecule has 4 N–H and O–H groups in total. The molecule has 9 heteroatoms. The van der Waals surface area contributed by atoms with Gasteiger partial charge in [-0.3, -0.25) is 4.79 Å². The second kappa shape index (κ2) is 13.6. The standard InChI is InChI=1S/C27H36N2O7/c1-18(2)23(29-26(33)34-4)24(31)35-17-36-25(32)27(3,16-30)15-22(28)14-19-10-12-21(13-11-19)20-8-6-5-7-9-20/h5-13,18,22-23,30H,14-17,28H2,1-4H3,(H,29,33)/t22-,23+,27+/m1/s1. The molecular weight excluding hydrogens is 464 g/mol. The molecule has 2 rings (SSSR count). The fourth-order valence-corrected chi connectivity index (χ4v) is 3.72. The van der Waals surface area contributed by atoms with Crippen molar-refractivity contribution < 1.29 is 33.7 Å². The first-order valence-corrected chi connectivity index (χ1v) is 11.8. The minimum absolute atomic E-state index is 0.162.